The molecule has 2 N–H and O–H groups in total. The highest BCUT2D eigenvalue weighted by atomic mass is 79.9. The summed E-state index contributed by atoms with van der Waals surface area (Å²) in [7, 11) is -5.06. The predicted molar refractivity (Wildman–Crippen MR) is 127 cm³/mol. The Bertz CT molecular complexity index is 1540. The topological polar surface area (TPSA) is 128 Å². The Morgan fingerprint density at radius 2 is 1.78 bits per heavy atom. The van der Waals surface area contributed by atoms with E-state index in [9.17, 15) is 8.42 Å². The van der Waals surface area contributed by atoms with E-state index in [1.54, 1.807) is 12.1 Å². The number of halogens is 2. The van der Waals surface area contributed by atoms with E-state index >= 15 is 0 Å². The van der Waals surface area contributed by atoms with Gasteiger partial charge in [0.15, 0.2) is 5.82 Å². The molecule has 170 valence electrons. The number of rotatable bonds is 11. The largest absolute Gasteiger partial charge is 0.473 e. The first-order valence-corrected chi connectivity index (χ1v) is 11.5. The molecule has 2 heterocycles. The zero-order valence-corrected chi connectivity index (χ0v) is 19.8. The lowest BCUT2D eigenvalue weighted by Gasteiger charge is -2.15. The van der Waals surface area contributed by atoms with Crippen LogP contribution in [0, 0.1) is 0 Å². The smallest absolute Gasteiger partial charge is 0.316 e. The van der Waals surface area contributed by atoms with Gasteiger partial charge in [-0.1, -0.05) is 34.9 Å². The quantitative estimate of drug-likeness (QED) is 0.321. The molecule has 2 aromatic heterocycles. The summed E-state index contributed by atoms with van der Waals surface area (Å²) in [5.74, 6) is -0.876. The predicted octanol–water partition coefficient (Wildman–Crippen LogP) is 3.57. The molecule has 0 bridgehead atoms. The van der Waals surface area contributed by atoms with Crippen molar-refractivity contribution >= 4 is 47.9 Å². The Hall–Kier alpha value is -2.35. The highest BCUT2D eigenvalue weighted by Crippen LogP contribution is 2.34. The SMILES string of the molecule is [2H]c1nc(NS(=O)(=O)NC([2H])([2H])C([2H])([2H])C([2H])([2H])[2H])c(-c2ccc(Br)cc2)c(OCCOc2nc([2H])c(Br)c([2H])n2)n1. The van der Waals surface area contributed by atoms with Gasteiger partial charge < -0.3 is 9.47 Å². The van der Waals surface area contributed by atoms with E-state index in [-0.39, 0.29) is 53.0 Å². The summed E-state index contributed by atoms with van der Waals surface area (Å²) >= 11 is 6.27. The second kappa shape index (κ2) is 11.5. The average molecular weight is 598 g/mol. The molecule has 0 spiro atoms. The van der Waals surface area contributed by atoms with Crippen molar-refractivity contribution in [1.29, 1.82) is 0 Å². The zero-order chi connectivity index (χ0) is 31.7. The molecular formula is C19H20Br2N6O4S. The summed E-state index contributed by atoms with van der Waals surface area (Å²) in [4.78, 5) is 15.2. The molecule has 0 unspecified atom stereocenters. The van der Waals surface area contributed by atoms with Crippen LogP contribution in [0.15, 0.2) is 51.9 Å². The summed E-state index contributed by atoms with van der Waals surface area (Å²) in [6.45, 7) is -7.64. The van der Waals surface area contributed by atoms with Crippen LogP contribution in [0.1, 0.15) is 26.9 Å². The Morgan fingerprint density at radius 1 is 1.06 bits per heavy atom. The van der Waals surface area contributed by atoms with Crippen molar-refractivity contribution in [1.82, 2.24) is 24.7 Å². The van der Waals surface area contributed by atoms with Crippen LogP contribution in [0.3, 0.4) is 0 Å². The van der Waals surface area contributed by atoms with E-state index in [2.05, 4.69) is 51.8 Å². The fourth-order valence-corrected chi connectivity index (χ4v) is 3.29. The lowest BCUT2D eigenvalue weighted by atomic mass is 10.1. The molecule has 0 atom stereocenters. The van der Waals surface area contributed by atoms with E-state index in [0.29, 0.717) is 4.47 Å². The molecule has 0 fully saturated rings. The van der Waals surface area contributed by atoms with Crippen molar-refractivity contribution < 1.29 is 31.6 Å². The van der Waals surface area contributed by atoms with Gasteiger partial charge in [-0.15, -0.1) is 0 Å². The van der Waals surface area contributed by atoms with Crippen molar-refractivity contribution in [2.45, 2.75) is 13.2 Å². The van der Waals surface area contributed by atoms with Crippen molar-refractivity contribution in [3.8, 4) is 23.0 Å². The minimum atomic E-state index is -5.06. The van der Waals surface area contributed by atoms with E-state index in [4.69, 9.17) is 23.2 Å². The molecule has 32 heavy (non-hydrogen) atoms. The molecule has 0 saturated heterocycles. The van der Waals surface area contributed by atoms with E-state index < -0.39 is 42.1 Å². The number of hydrogen-bond donors (Lipinski definition) is 2. The Labute approximate surface area is 216 Å². The first-order valence-electron chi connectivity index (χ1n) is 13.5. The van der Waals surface area contributed by atoms with Crippen LogP contribution in [-0.4, -0.2) is 48.1 Å². The van der Waals surface area contributed by atoms with Crippen LogP contribution < -0.4 is 18.9 Å². The molecule has 3 rings (SSSR count). The molecule has 0 aliphatic heterocycles. The average Bonchev–Trinajstić information content (AvgIpc) is 2.84. The highest BCUT2D eigenvalue weighted by Gasteiger charge is 2.19. The van der Waals surface area contributed by atoms with Gasteiger partial charge in [0.25, 0.3) is 10.2 Å². The monoisotopic (exact) mass is 596 g/mol. The maximum atomic E-state index is 12.9. The van der Waals surface area contributed by atoms with Crippen LogP contribution in [0.5, 0.6) is 11.9 Å². The number of aromatic nitrogens is 4. The molecule has 0 radical (unpaired) electrons. The van der Waals surface area contributed by atoms with Gasteiger partial charge in [-0.05, 0) is 40.0 Å². The third-order valence-corrected chi connectivity index (χ3v) is 5.14. The van der Waals surface area contributed by atoms with Gasteiger partial charge in [0.1, 0.15) is 20.9 Å². The van der Waals surface area contributed by atoms with Crippen LogP contribution in [0.25, 0.3) is 11.1 Å². The third-order valence-electron chi connectivity index (χ3n) is 3.43. The van der Waals surface area contributed by atoms with Gasteiger partial charge in [0.05, 0.1) is 12.8 Å². The lowest BCUT2D eigenvalue weighted by Crippen LogP contribution is -2.31. The lowest BCUT2D eigenvalue weighted by molar-refractivity contribution is 0.202. The van der Waals surface area contributed by atoms with E-state index in [1.165, 1.54) is 16.9 Å². The molecule has 1 aromatic carbocycles. The number of anilines is 1. The summed E-state index contributed by atoms with van der Waals surface area (Å²) in [6.07, 6.45) is -4.91. The highest BCUT2D eigenvalue weighted by molar-refractivity contribution is 9.10. The number of nitrogens with zero attached hydrogens (tertiary/aromatic N) is 4. The van der Waals surface area contributed by atoms with Crippen molar-refractivity contribution in [2.75, 3.05) is 24.4 Å². The summed E-state index contributed by atoms with van der Waals surface area (Å²) in [6, 6.07) is 5.96. The van der Waals surface area contributed by atoms with E-state index in [1.807, 2.05) is 4.72 Å². The van der Waals surface area contributed by atoms with Gasteiger partial charge in [-0.3, -0.25) is 4.72 Å². The molecule has 10 nitrogen and oxygen atoms in total. The van der Waals surface area contributed by atoms with Crippen LogP contribution >= 0.6 is 31.9 Å². The van der Waals surface area contributed by atoms with Crippen LogP contribution in [0.2, 0.25) is 0 Å². The van der Waals surface area contributed by atoms with Gasteiger partial charge in [-0.2, -0.15) is 13.1 Å². The molecule has 0 saturated carbocycles. The summed E-state index contributed by atoms with van der Waals surface area (Å²) in [5, 5.41) is 0. The van der Waals surface area contributed by atoms with Gasteiger partial charge in [0.2, 0.25) is 5.88 Å². The first-order chi connectivity index (χ1) is 19.2. The number of ether oxygens (including phenoxy) is 2. The maximum Gasteiger partial charge on any atom is 0.316 e. The molecule has 0 amide bonds. The Kier molecular flexibility index (Phi) is 5.04. The maximum absolute atomic E-state index is 12.9. The van der Waals surface area contributed by atoms with Gasteiger partial charge in [0, 0.05) is 32.9 Å². The van der Waals surface area contributed by atoms with Crippen molar-refractivity contribution in [3.63, 3.8) is 0 Å². The fourth-order valence-electron chi connectivity index (χ4n) is 2.21. The normalized spacial score (nSPS) is 17.1. The Balaban J connectivity index is 1.93. The molecule has 0 aliphatic carbocycles. The minimum absolute atomic E-state index is 0.0706. The minimum Gasteiger partial charge on any atom is -0.473 e. The fraction of sp³-hybridized carbons (Fsp3) is 0.263. The van der Waals surface area contributed by atoms with Crippen molar-refractivity contribution in [3.05, 3.63) is 51.9 Å². The third kappa shape index (κ3) is 7.08. The molecule has 0 aliphatic rings. The van der Waals surface area contributed by atoms with Crippen molar-refractivity contribution in [2.24, 2.45) is 0 Å². The summed E-state index contributed by atoms with van der Waals surface area (Å²) < 4.78 is 117. The van der Waals surface area contributed by atoms with Crippen LogP contribution in [0.4, 0.5) is 5.82 Å². The molecular weight excluding hydrogens is 568 g/mol. The molecule has 3 aromatic rings. The Morgan fingerprint density at radius 3 is 2.50 bits per heavy atom. The number of nitrogens with one attached hydrogen (secondary N) is 2. The van der Waals surface area contributed by atoms with E-state index in [0.717, 1.165) is 0 Å². The zero-order valence-electron chi connectivity index (χ0n) is 25.8. The first kappa shape index (κ1) is 14.0. The second-order valence-electron chi connectivity index (χ2n) is 5.56. The van der Waals surface area contributed by atoms with Gasteiger partial charge in [-0.25, -0.2) is 19.9 Å². The number of benzene rings is 1. The second-order valence-corrected chi connectivity index (χ2v) is 8.68. The van der Waals surface area contributed by atoms with Crippen LogP contribution in [-0.2, 0) is 10.2 Å². The molecule has 13 heteroatoms. The number of hydrogen-bond acceptors (Lipinski definition) is 8. The van der Waals surface area contributed by atoms with Gasteiger partial charge >= 0.3 is 6.01 Å². The summed E-state index contributed by atoms with van der Waals surface area (Å²) in [5.41, 5.74) is 0.173. The standard InChI is InChI=1S/C19H20Br2N6O4S/c1-2-7-26-32(28,29)27-17-16(13-3-5-14(20)6-4-13)18(25-12-24-17)30-8-9-31-19-22-10-15(21)11-23-19/h3-6,10-12,26H,2,7-9H2,1H3,(H,24,25,27)/i1D3,2D2,7D2,10D,11D,12D.